The Kier molecular flexibility index (Phi) is 20.3. The predicted molar refractivity (Wildman–Crippen MR) is 381 cm³/mol. The summed E-state index contributed by atoms with van der Waals surface area (Å²) in [6.45, 7) is 0. The van der Waals surface area contributed by atoms with Gasteiger partial charge >= 0.3 is 0 Å². The number of aromatic amines is 2. The lowest BCUT2D eigenvalue weighted by molar-refractivity contribution is 1.09. The highest BCUT2D eigenvalue weighted by Crippen LogP contribution is 2.54. The number of benzene rings is 8. The normalized spacial score (nSPS) is 12.2. The number of hydrogen-bond donors (Lipinski definition) is 2. The fraction of sp³-hybridized carbons (Fsp3) is 0.111. The van der Waals surface area contributed by atoms with Gasteiger partial charge in [0, 0.05) is 55.8 Å². The van der Waals surface area contributed by atoms with E-state index in [2.05, 4.69) is 253 Å². The van der Waals surface area contributed by atoms with Gasteiger partial charge in [0.25, 0.3) is 11.7 Å². The standard InChI is InChI=1S/C72H58N8S8/c1-9-25-49(26-10-1)41-81-62-57-64(83-43-51-29-13-3-14-30-51)66(85-45-53-33-17-5-18-34-53)59(73-57)63(82-42-50-27-11-2-12-28-50)61-70(88-48-56-39-23-8-24-40-56)77-71(75-61)78-72-76-69(79-80-72)68(87-47-55-37-21-7-22-38-55)60-67(86-46-54-35-19-6-20-36-54)65(58(62)74-60)84-44-52-31-15-4-16-32-52/h1-40,73H,41-48H2,(H,75,76,77,78,79,80). The Morgan fingerprint density at radius 2 is 0.568 bits per heavy atom. The van der Waals surface area contributed by atoms with Crippen LogP contribution in [0.5, 0.6) is 0 Å². The zero-order chi connectivity index (χ0) is 59.1. The van der Waals surface area contributed by atoms with Crippen LogP contribution in [0.1, 0.15) is 61.6 Å². The fourth-order valence-corrected chi connectivity index (χ4v) is 19.0. The van der Waals surface area contributed by atoms with Crippen molar-refractivity contribution in [2.24, 2.45) is 4.99 Å². The van der Waals surface area contributed by atoms with Crippen LogP contribution in [0.25, 0.3) is 32.3 Å². The number of thioether (sulfide) groups is 8. The summed E-state index contributed by atoms with van der Waals surface area (Å²) in [6.07, 6.45) is 0. The molecule has 0 aliphatic carbocycles. The van der Waals surface area contributed by atoms with Crippen molar-refractivity contribution in [3.8, 4) is 0 Å². The average Bonchev–Trinajstić information content (AvgIpc) is 2.55. The Hall–Kier alpha value is -7.12. The number of nitrogens with one attached hydrogen (secondary N) is 2. The van der Waals surface area contributed by atoms with Gasteiger partial charge in [-0.15, -0.1) is 92.5 Å². The summed E-state index contributed by atoms with van der Waals surface area (Å²) in [5, 5.41) is 10.6. The highest BCUT2D eigenvalue weighted by Gasteiger charge is 2.32. The van der Waals surface area contributed by atoms with Crippen molar-refractivity contribution < 1.29 is 0 Å². The molecule has 8 nitrogen and oxygen atoms in total. The first-order valence-electron chi connectivity index (χ1n) is 28.7. The van der Waals surface area contributed by atoms with Gasteiger partial charge in [0.15, 0.2) is 5.65 Å². The summed E-state index contributed by atoms with van der Waals surface area (Å²) in [7, 11) is 0. The molecule has 13 rings (SSSR count). The van der Waals surface area contributed by atoms with Crippen LogP contribution in [-0.4, -0.2) is 40.2 Å². The highest BCUT2D eigenvalue weighted by molar-refractivity contribution is 8.14. The molecule has 11 aromatic rings. The van der Waals surface area contributed by atoms with Crippen molar-refractivity contribution in [3.63, 3.8) is 0 Å². The van der Waals surface area contributed by atoms with E-state index in [-0.39, 0.29) is 0 Å². The first kappa shape index (κ1) is 59.8. The highest BCUT2D eigenvalue weighted by atomic mass is 32.2. The predicted octanol–water partition coefficient (Wildman–Crippen LogP) is 20.7. The lowest BCUT2D eigenvalue weighted by atomic mass is 10.2. The zero-order valence-corrected chi connectivity index (χ0v) is 54.2. The molecular weight excluding hydrogens is 1230 g/mol. The smallest absolute Gasteiger partial charge is 0.254 e. The van der Waals surface area contributed by atoms with E-state index < -0.39 is 0 Å². The number of H-pyrrole nitrogens is 2. The Morgan fingerprint density at radius 1 is 0.261 bits per heavy atom. The van der Waals surface area contributed by atoms with Gasteiger partial charge in [-0.3, -0.25) is 0 Å². The summed E-state index contributed by atoms with van der Waals surface area (Å²) < 4.78 is 0. The third-order valence-corrected chi connectivity index (χ3v) is 23.6. The summed E-state index contributed by atoms with van der Waals surface area (Å²) in [5.41, 5.74) is 14.8. The van der Waals surface area contributed by atoms with Gasteiger partial charge in [-0.1, -0.05) is 254 Å². The number of fused-ring (bicyclic) bond motifs is 8. The van der Waals surface area contributed by atoms with Gasteiger partial charge in [-0.25, -0.2) is 15.0 Å². The van der Waals surface area contributed by atoms with E-state index in [0.717, 1.165) is 90.5 Å². The molecule has 88 heavy (non-hydrogen) atoms. The molecule has 8 bridgehead atoms. The van der Waals surface area contributed by atoms with Crippen LogP contribution in [0.3, 0.4) is 0 Å². The maximum Gasteiger partial charge on any atom is 0.254 e. The monoisotopic (exact) mass is 1290 g/mol. The second-order valence-electron chi connectivity index (χ2n) is 20.5. The van der Waals surface area contributed by atoms with Crippen molar-refractivity contribution in [1.82, 2.24) is 35.1 Å². The molecule has 8 aromatic carbocycles. The Bertz CT molecular complexity index is 4370. The molecule has 0 fully saturated rings. The van der Waals surface area contributed by atoms with Crippen LogP contribution in [0, 0.1) is 0 Å². The van der Waals surface area contributed by atoms with Crippen LogP contribution in [-0.2, 0) is 46.0 Å². The molecule has 2 N–H and O–H groups in total. The van der Waals surface area contributed by atoms with Crippen molar-refractivity contribution in [2.75, 3.05) is 0 Å². The summed E-state index contributed by atoms with van der Waals surface area (Å²) >= 11 is 14.5. The van der Waals surface area contributed by atoms with Crippen molar-refractivity contribution >= 4 is 137 Å². The van der Waals surface area contributed by atoms with Crippen LogP contribution in [0.15, 0.2) is 272 Å². The molecule has 5 heterocycles. The first-order valence-corrected chi connectivity index (χ1v) is 36.6. The van der Waals surface area contributed by atoms with Crippen LogP contribution in [0.4, 0.5) is 5.95 Å². The Labute approximate surface area is 547 Å². The van der Waals surface area contributed by atoms with E-state index in [0.29, 0.717) is 40.4 Å². The molecule has 0 unspecified atom stereocenters. The molecular formula is C72H58N8S8. The molecule has 2 aliphatic rings. The summed E-state index contributed by atoms with van der Waals surface area (Å²) in [4.78, 5) is 37.5. The molecule has 0 amide bonds. The Balaban J connectivity index is 1.17. The Morgan fingerprint density at radius 3 is 0.943 bits per heavy atom. The maximum absolute atomic E-state index is 6.12. The topological polar surface area (TPSA) is 108 Å². The number of nitrogens with zero attached hydrogens (tertiary/aromatic N) is 6. The van der Waals surface area contributed by atoms with Gasteiger partial charge in [-0.2, -0.15) is 4.98 Å². The first-order chi connectivity index (χ1) is 43.6. The molecule has 3 aromatic heterocycles. The minimum Gasteiger partial charge on any atom is -0.352 e. The molecule has 2 aliphatic heterocycles. The number of rotatable bonds is 23. The van der Waals surface area contributed by atoms with E-state index in [1.807, 2.05) is 58.8 Å². The third-order valence-electron chi connectivity index (χ3n) is 14.2. The molecule has 0 saturated heterocycles. The lowest BCUT2D eigenvalue weighted by Crippen LogP contribution is -1.98. The zero-order valence-electron chi connectivity index (χ0n) is 47.7. The third kappa shape index (κ3) is 15.1. The van der Waals surface area contributed by atoms with E-state index in [4.69, 9.17) is 30.1 Å². The van der Waals surface area contributed by atoms with Crippen LogP contribution >= 0.6 is 94.1 Å². The van der Waals surface area contributed by atoms with Gasteiger partial charge in [0.1, 0.15) is 10.7 Å². The van der Waals surface area contributed by atoms with Crippen molar-refractivity contribution in [2.45, 2.75) is 70.5 Å². The minimum atomic E-state index is 0.304. The fourth-order valence-electron chi connectivity index (χ4n) is 9.78. The van der Waals surface area contributed by atoms with E-state index >= 15 is 0 Å². The second kappa shape index (κ2) is 29.9. The van der Waals surface area contributed by atoms with Crippen molar-refractivity contribution in [3.05, 3.63) is 304 Å². The summed E-state index contributed by atoms with van der Waals surface area (Å²) in [6, 6.07) is 86.0. The summed E-state index contributed by atoms with van der Waals surface area (Å²) in [5.74, 6) is 6.26. The average molecular weight is 1290 g/mol. The molecule has 0 atom stereocenters. The maximum atomic E-state index is 6.12. The molecule has 0 spiro atoms. The largest absolute Gasteiger partial charge is 0.352 e. The second-order valence-corrected chi connectivity index (χ2v) is 28.3. The molecule has 16 heteroatoms. The number of aromatic nitrogens is 7. The number of hydrogen-bond acceptors (Lipinski definition) is 14. The quantitative estimate of drug-likeness (QED) is 0.0594. The molecule has 0 radical (unpaired) electrons. The van der Waals surface area contributed by atoms with Crippen LogP contribution in [0.2, 0.25) is 0 Å². The van der Waals surface area contributed by atoms with E-state index in [9.17, 15) is 0 Å². The van der Waals surface area contributed by atoms with Gasteiger partial charge in [0.05, 0.1) is 46.9 Å². The molecule has 0 saturated carbocycles. The lowest BCUT2D eigenvalue weighted by Gasteiger charge is -2.13. The van der Waals surface area contributed by atoms with Crippen LogP contribution < -0.4 is 0 Å². The van der Waals surface area contributed by atoms with E-state index in [1.165, 1.54) is 44.5 Å². The number of aliphatic imine (C=N–C) groups is 1. The minimum absolute atomic E-state index is 0.304. The van der Waals surface area contributed by atoms with E-state index in [1.54, 1.807) is 35.3 Å². The van der Waals surface area contributed by atoms with Crippen molar-refractivity contribution in [1.29, 1.82) is 0 Å². The SMILES string of the molecule is c1ccc(CSC2=Nc3nc2c(SCc2ccccc2)c2[nH]c(c(SCc4ccccc4)c4nc(c(SCc5ccccc5)c5nnc(n3)[nH]5)C(SCc3ccccc3)=C4SCc3ccccc3)c(SCc3ccccc3)c2SCc2ccccc2)cc1. The molecule has 434 valence electrons. The van der Waals surface area contributed by atoms with Gasteiger partial charge < -0.3 is 9.97 Å². The van der Waals surface area contributed by atoms with Gasteiger partial charge in [0.2, 0.25) is 0 Å². The van der Waals surface area contributed by atoms with Gasteiger partial charge in [-0.05, 0) is 44.5 Å².